The van der Waals surface area contributed by atoms with Crippen molar-refractivity contribution in [2.45, 2.75) is 13.8 Å². The molecule has 0 fully saturated rings. The fourth-order valence-corrected chi connectivity index (χ4v) is 3.99. The van der Waals surface area contributed by atoms with E-state index in [9.17, 15) is 4.79 Å². The van der Waals surface area contributed by atoms with Crippen LogP contribution in [0.3, 0.4) is 0 Å². The average Bonchev–Trinajstić information content (AvgIpc) is 3.33. The van der Waals surface area contributed by atoms with E-state index in [1.165, 1.54) is 0 Å². The Morgan fingerprint density at radius 2 is 2.00 bits per heavy atom. The van der Waals surface area contributed by atoms with Gasteiger partial charge in [0.05, 0.1) is 46.8 Å². The van der Waals surface area contributed by atoms with Crippen molar-refractivity contribution < 1.29 is 9.53 Å². The van der Waals surface area contributed by atoms with E-state index < -0.39 is 5.91 Å². The van der Waals surface area contributed by atoms with Gasteiger partial charge in [0.1, 0.15) is 5.75 Å². The number of hydrogen-bond acceptors (Lipinski definition) is 8. The smallest absolute Gasteiger partial charge is 0.300 e. The van der Waals surface area contributed by atoms with Crippen LogP contribution in [0.15, 0.2) is 48.9 Å². The van der Waals surface area contributed by atoms with Crippen molar-refractivity contribution in [1.82, 2.24) is 24.7 Å². The number of fused-ring (bicyclic) bond motifs is 1. The highest BCUT2D eigenvalue weighted by atomic mass is 16.5. The van der Waals surface area contributed by atoms with Gasteiger partial charge in [-0.3, -0.25) is 9.78 Å². The number of hydrogen-bond donors (Lipinski definition) is 3. The quantitative estimate of drug-likeness (QED) is 0.301. The number of nitrogens with one attached hydrogen (secondary N) is 3. The minimum Gasteiger partial charge on any atom is -0.494 e. The minimum atomic E-state index is -0.398. The van der Waals surface area contributed by atoms with Crippen LogP contribution in [0.1, 0.15) is 12.6 Å². The molecule has 3 heterocycles. The normalized spacial score (nSPS) is 10.5. The number of amides is 1. The molecule has 0 saturated heterocycles. The highest BCUT2D eigenvalue weighted by Crippen LogP contribution is 2.38. The number of ether oxygens (including phenoxy) is 1. The number of carbonyl (C=O) groups is 1. The summed E-state index contributed by atoms with van der Waals surface area (Å²) in [5, 5.41) is 9.27. The standard InChI is InChI=1S/C27H30N8O2/c1-6-7-26(36)31-20-16-21(25(37-5)17-24(20)34(4)14-12-28-3)33-27-30-11-10-19(32-27)23-9-8-22-18(2)29-13-15-35(22)23/h8-11,13,15-17,28H,12,14H2,1-5H3,(H,31,36)(H,30,32,33). The van der Waals surface area contributed by atoms with Gasteiger partial charge in [-0.05, 0) is 51.1 Å². The van der Waals surface area contributed by atoms with Crippen LogP contribution in [-0.4, -0.2) is 59.6 Å². The van der Waals surface area contributed by atoms with E-state index in [1.54, 1.807) is 32.5 Å². The maximum atomic E-state index is 12.3. The third kappa shape index (κ3) is 5.63. The second kappa shape index (κ2) is 11.4. The van der Waals surface area contributed by atoms with Crippen molar-refractivity contribution in [2.75, 3.05) is 49.8 Å². The van der Waals surface area contributed by atoms with Gasteiger partial charge in [-0.1, -0.05) is 5.92 Å². The summed E-state index contributed by atoms with van der Waals surface area (Å²) in [4.78, 5) is 27.9. The first-order valence-corrected chi connectivity index (χ1v) is 11.8. The Balaban J connectivity index is 1.71. The molecular weight excluding hydrogens is 468 g/mol. The molecule has 1 aromatic carbocycles. The topological polar surface area (TPSA) is 109 Å². The molecule has 37 heavy (non-hydrogen) atoms. The highest BCUT2D eigenvalue weighted by Gasteiger charge is 2.17. The molecule has 4 rings (SSSR count). The molecule has 0 radical (unpaired) electrons. The van der Waals surface area contributed by atoms with Crippen molar-refractivity contribution >= 4 is 34.4 Å². The van der Waals surface area contributed by atoms with Crippen LogP contribution in [0.2, 0.25) is 0 Å². The van der Waals surface area contributed by atoms with Crippen LogP contribution in [0.25, 0.3) is 16.9 Å². The molecule has 0 atom stereocenters. The van der Waals surface area contributed by atoms with Crippen LogP contribution in [0.4, 0.5) is 23.0 Å². The molecule has 0 aliphatic rings. The zero-order valence-corrected chi connectivity index (χ0v) is 21.6. The van der Waals surface area contributed by atoms with Gasteiger partial charge in [0.2, 0.25) is 5.95 Å². The summed E-state index contributed by atoms with van der Waals surface area (Å²) in [6.07, 6.45) is 5.38. The van der Waals surface area contributed by atoms with Gasteiger partial charge in [0.15, 0.2) is 0 Å². The predicted molar refractivity (Wildman–Crippen MR) is 147 cm³/mol. The molecule has 0 bridgehead atoms. The summed E-state index contributed by atoms with van der Waals surface area (Å²) in [6.45, 7) is 5.09. The maximum Gasteiger partial charge on any atom is 0.300 e. The van der Waals surface area contributed by atoms with E-state index in [-0.39, 0.29) is 0 Å². The molecule has 0 unspecified atom stereocenters. The molecule has 4 aromatic rings. The minimum absolute atomic E-state index is 0.387. The molecule has 0 aliphatic heterocycles. The van der Waals surface area contributed by atoms with E-state index in [0.29, 0.717) is 23.1 Å². The Morgan fingerprint density at radius 3 is 2.76 bits per heavy atom. The summed E-state index contributed by atoms with van der Waals surface area (Å²) in [6, 6.07) is 9.56. The van der Waals surface area contributed by atoms with E-state index >= 15 is 0 Å². The summed E-state index contributed by atoms with van der Waals surface area (Å²) in [5.41, 5.74) is 5.61. The molecule has 10 nitrogen and oxygen atoms in total. The number of methoxy groups -OCH3 is 1. The van der Waals surface area contributed by atoms with Crippen LogP contribution in [0, 0.1) is 18.8 Å². The molecule has 3 aromatic heterocycles. The number of rotatable bonds is 9. The Morgan fingerprint density at radius 1 is 1.16 bits per heavy atom. The van der Waals surface area contributed by atoms with E-state index in [4.69, 9.17) is 9.72 Å². The number of aromatic nitrogens is 4. The van der Waals surface area contributed by atoms with Crippen molar-refractivity contribution in [2.24, 2.45) is 0 Å². The first-order valence-electron chi connectivity index (χ1n) is 11.8. The molecule has 0 saturated carbocycles. The lowest BCUT2D eigenvalue weighted by Gasteiger charge is -2.24. The second-order valence-corrected chi connectivity index (χ2v) is 8.30. The fourth-order valence-electron chi connectivity index (χ4n) is 3.99. The summed E-state index contributed by atoms with van der Waals surface area (Å²) in [7, 11) is 5.44. The highest BCUT2D eigenvalue weighted by molar-refractivity contribution is 6.06. The zero-order valence-electron chi connectivity index (χ0n) is 21.6. The largest absolute Gasteiger partial charge is 0.494 e. The fraction of sp³-hybridized carbons (Fsp3) is 0.259. The third-order valence-electron chi connectivity index (χ3n) is 5.85. The SMILES string of the molecule is CC#CC(=O)Nc1cc(Nc2nccc(-c3ccc4c(C)nccn34)n2)c(OC)cc1N(C)CCNC. The lowest BCUT2D eigenvalue weighted by molar-refractivity contribution is -0.111. The molecular formula is C27H30N8O2. The van der Waals surface area contributed by atoms with Gasteiger partial charge in [-0.15, -0.1) is 0 Å². The van der Waals surface area contributed by atoms with Gasteiger partial charge < -0.3 is 30.0 Å². The summed E-state index contributed by atoms with van der Waals surface area (Å²) >= 11 is 0. The number of benzene rings is 1. The molecule has 190 valence electrons. The molecule has 0 spiro atoms. The Kier molecular flexibility index (Phi) is 7.86. The number of carbonyl (C=O) groups excluding carboxylic acids is 1. The van der Waals surface area contributed by atoms with Gasteiger partial charge >= 0.3 is 0 Å². The Labute approximate surface area is 216 Å². The van der Waals surface area contributed by atoms with Crippen molar-refractivity contribution in [3.63, 3.8) is 0 Å². The average molecular weight is 499 g/mol. The van der Waals surface area contributed by atoms with Crippen LogP contribution < -0.4 is 25.6 Å². The lowest BCUT2D eigenvalue weighted by atomic mass is 10.2. The number of aryl methyl sites for hydroxylation is 1. The van der Waals surface area contributed by atoms with Crippen LogP contribution >= 0.6 is 0 Å². The first-order chi connectivity index (χ1) is 17.9. The van der Waals surface area contributed by atoms with Gasteiger partial charge in [0, 0.05) is 44.8 Å². The predicted octanol–water partition coefficient (Wildman–Crippen LogP) is 3.47. The van der Waals surface area contributed by atoms with Crippen LogP contribution in [0.5, 0.6) is 5.75 Å². The number of likely N-dealkylation sites (N-methyl/N-ethyl adjacent to an activating group) is 2. The Hall–Kier alpha value is -4.62. The lowest BCUT2D eigenvalue weighted by Crippen LogP contribution is -2.28. The molecule has 0 aliphatic carbocycles. The Bertz CT molecular complexity index is 1490. The van der Waals surface area contributed by atoms with E-state index in [2.05, 4.69) is 37.8 Å². The van der Waals surface area contributed by atoms with Gasteiger partial charge in [-0.2, -0.15) is 0 Å². The summed E-state index contributed by atoms with van der Waals surface area (Å²) in [5.74, 6) is 5.73. The monoisotopic (exact) mass is 498 g/mol. The number of nitrogens with zero attached hydrogens (tertiary/aromatic N) is 5. The van der Waals surface area contributed by atoms with E-state index in [0.717, 1.165) is 41.4 Å². The van der Waals surface area contributed by atoms with Crippen LogP contribution in [-0.2, 0) is 4.79 Å². The third-order valence-corrected chi connectivity index (χ3v) is 5.85. The molecule has 10 heteroatoms. The van der Waals surface area contributed by atoms with Crippen molar-refractivity contribution in [1.29, 1.82) is 0 Å². The number of anilines is 4. The van der Waals surface area contributed by atoms with Gasteiger partial charge in [-0.25, -0.2) is 9.97 Å². The van der Waals surface area contributed by atoms with Crippen molar-refractivity contribution in [3.05, 3.63) is 54.6 Å². The zero-order chi connectivity index (χ0) is 26.4. The second-order valence-electron chi connectivity index (χ2n) is 8.30. The van der Waals surface area contributed by atoms with Crippen molar-refractivity contribution in [3.8, 4) is 29.0 Å². The maximum absolute atomic E-state index is 12.3. The summed E-state index contributed by atoms with van der Waals surface area (Å²) < 4.78 is 7.73. The van der Waals surface area contributed by atoms with E-state index in [1.807, 2.05) is 60.8 Å². The first kappa shape index (κ1) is 25.5. The molecule has 1 amide bonds. The molecule has 3 N–H and O–H groups in total. The van der Waals surface area contributed by atoms with Gasteiger partial charge in [0.25, 0.3) is 5.91 Å².